The predicted molar refractivity (Wildman–Crippen MR) is 63.7 cm³/mol. The molecule has 1 aromatic heterocycles. The van der Waals surface area contributed by atoms with Crippen molar-refractivity contribution < 1.29 is 9.90 Å². The number of carbonyl (C=O) groups is 1. The molecule has 2 heterocycles. The topological polar surface area (TPSA) is 65.5 Å². The first-order valence-electron chi connectivity index (χ1n) is 5.79. The zero-order chi connectivity index (χ0) is 12.3. The Morgan fingerprint density at radius 3 is 3.06 bits per heavy atom. The second-order valence-electron chi connectivity index (χ2n) is 4.35. The number of aliphatic carboxylic acids is 1. The van der Waals surface area contributed by atoms with Gasteiger partial charge in [-0.25, -0.2) is 0 Å². The number of piperazine rings is 1. The Labute approximate surface area is 100 Å². The molecule has 0 radical (unpaired) electrons. The van der Waals surface area contributed by atoms with Crippen LogP contribution in [0, 0.1) is 0 Å². The molecule has 2 atom stereocenters. The standard InChI is InChI=1S/C12H17N3O2/c1-9-8-15(7-6-13-9)11(12(16)17)10-4-2-3-5-14-10/h2-5,9,11,13H,6-8H2,1H3,(H,16,17). The summed E-state index contributed by atoms with van der Waals surface area (Å²) in [4.78, 5) is 17.5. The molecule has 1 aliphatic heterocycles. The average molecular weight is 235 g/mol. The third kappa shape index (κ3) is 2.81. The maximum atomic E-state index is 11.4. The van der Waals surface area contributed by atoms with E-state index in [0.29, 0.717) is 11.7 Å². The summed E-state index contributed by atoms with van der Waals surface area (Å²) in [5.41, 5.74) is 0.606. The van der Waals surface area contributed by atoms with E-state index in [0.717, 1.165) is 19.6 Å². The van der Waals surface area contributed by atoms with Gasteiger partial charge in [-0.3, -0.25) is 14.7 Å². The average Bonchev–Trinajstić information content (AvgIpc) is 2.30. The van der Waals surface area contributed by atoms with Crippen LogP contribution in [0.3, 0.4) is 0 Å². The smallest absolute Gasteiger partial charge is 0.327 e. The number of nitrogens with zero attached hydrogens (tertiary/aromatic N) is 2. The fraction of sp³-hybridized carbons (Fsp3) is 0.500. The molecule has 0 amide bonds. The summed E-state index contributed by atoms with van der Waals surface area (Å²) in [5.74, 6) is -0.835. The molecular formula is C12H17N3O2. The third-order valence-corrected chi connectivity index (χ3v) is 2.97. The number of carboxylic acids is 1. The van der Waals surface area contributed by atoms with E-state index in [2.05, 4.69) is 17.2 Å². The van der Waals surface area contributed by atoms with Gasteiger partial charge in [-0.05, 0) is 19.1 Å². The number of aromatic nitrogens is 1. The van der Waals surface area contributed by atoms with E-state index < -0.39 is 12.0 Å². The number of hydrogen-bond donors (Lipinski definition) is 2. The normalized spacial score (nSPS) is 23.2. The SMILES string of the molecule is CC1CN(C(C(=O)O)c2ccccn2)CCN1. The summed E-state index contributed by atoms with van der Waals surface area (Å²) in [5, 5.41) is 12.7. The van der Waals surface area contributed by atoms with Gasteiger partial charge in [-0.2, -0.15) is 0 Å². The van der Waals surface area contributed by atoms with Crippen LogP contribution in [0.1, 0.15) is 18.7 Å². The zero-order valence-electron chi connectivity index (χ0n) is 9.84. The van der Waals surface area contributed by atoms with Gasteiger partial charge in [-0.15, -0.1) is 0 Å². The minimum Gasteiger partial charge on any atom is -0.480 e. The molecule has 2 rings (SSSR count). The van der Waals surface area contributed by atoms with Crippen molar-refractivity contribution in [2.75, 3.05) is 19.6 Å². The molecule has 1 aromatic rings. The maximum absolute atomic E-state index is 11.4. The molecule has 2 N–H and O–H groups in total. The lowest BCUT2D eigenvalue weighted by Crippen LogP contribution is -2.51. The van der Waals surface area contributed by atoms with E-state index in [9.17, 15) is 9.90 Å². The van der Waals surface area contributed by atoms with Crippen molar-refractivity contribution in [2.24, 2.45) is 0 Å². The molecule has 2 unspecified atom stereocenters. The highest BCUT2D eigenvalue weighted by Gasteiger charge is 2.30. The molecule has 0 aliphatic carbocycles. The van der Waals surface area contributed by atoms with Crippen LogP contribution >= 0.6 is 0 Å². The predicted octanol–water partition coefficient (Wildman–Crippen LogP) is 0.501. The highest BCUT2D eigenvalue weighted by Crippen LogP contribution is 2.20. The van der Waals surface area contributed by atoms with Crippen molar-refractivity contribution in [3.8, 4) is 0 Å². The third-order valence-electron chi connectivity index (χ3n) is 2.97. The lowest BCUT2D eigenvalue weighted by molar-refractivity contribution is -0.144. The summed E-state index contributed by atoms with van der Waals surface area (Å²) < 4.78 is 0. The van der Waals surface area contributed by atoms with Crippen LogP contribution < -0.4 is 5.32 Å². The Morgan fingerprint density at radius 1 is 1.65 bits per heavy atom. The van der Waals surface area contributed by atoms with Gasteiger partial charge in [0.05, 0.1) is 5.69 Å². The Hall–Kier alpha value is -1.46. The molecule has 1 aliphatic rings. The lowest BCUT2D eigenvalue weighted by Gasteiger charge is -2.35. The Balaban J connectivity index is 2.20. The number of carboxylic acid groups (broad SMARTS) is 1. The van der Waals surface area contributed by atoms with Gasteiger partial charge in [-0.1, -0.05) is 6.07 Å². The molecule has 0 spiro atoms. The van der Waals surface area contributed by atoms with E-state index in [1.165, 1.54) is 0 Å². The Morgan fingerprint density at radius 2 is 2.47 bits per heavy atom. The van der Waals surface area contributed by atoms with E-state index >= 15 is 0 Å². The quantitative estimate of drug-likeness (QED) is 0.798. The monoisotopic (exact) mass is 235 g/mol. The van der Waals surface area contributed by atoms with Crippen LogP contribution in [-0.2, 0) is 4.79 Å². The van der Waals surface area contributed by atoms with Gasteiger partial charge < -0.3 is 10.4 Å². The molecule has 5 heteroatoms. The van der Waals surface area contributed by atoms with Gasteiger partial charge in [0.15, 0.2) is 6.04 Å². The number of hydrogen-bond acceptors (Lipinski definition) is 4. The number of nitrogens with one attached hydrogen (secondary N) is 1. The Bertz CT molecular complexity index is 383. The van der Waals surface area contributed by atoms with E-state index in [1.54, 1.807) is 18.3 Å². The van der Waals surface area contributed by atoms with Crippen molar-refractivity contribution >= 4 is 5.97 Å². The highest BCUT2D eigenvalue weighted by atomic mass is 16.4. The van der Waals surface area contributed by atoms with Crippen LogP contribution in [-0.4, -0.2) is 46.6 Å². The van der Waals surface area contributed by atoms with Gasteiger partial charge >= 0.3 is 5.97 Å². The maximum Gasteiger partial charge on any atom is 0.327 e. The summed E-state index contributed by atoms with van der Waals surface area (Å²) in [6.45, 7) is 4.34. The van der Waals surface area contributed by atoms with Crippen LogP contribution in [0.5, 0.6) is 0 Å². The van der Waals surface area contributed by atoms with Gasteiger partial charge in [0, 0.05) is 31.9 Å². The first kappa shape index (κ1) is 12.0. The van der Waals surface area contributed by atoms with Gasteiger partial charge in [0.2, 0.25) is 0 Å². The van der Waals surface area contributed by atoms with Crippen LogP contribution in [0.15, 0.2) is 24.4 Å². The van der Waals surface area contributed by atoms with Crippen molar-refractivity contribution in [2.45, 2.75) is 19.0 Å². The van der Waals surface area contributed by atoms with Crippen LogP contribution in [0.4, 0.5) is 0 Å². The summed E-state index contributed by atoms with van der Waals surface area (Å²) in [7, 11) is 0. The fourth-order valence-electron chi connectivity index (χ4n) is 2.20. The fourth-order valence-corrected chi connectivity index (χ4v) is 2.20. The number of pyridine rings is 1. The van der Waals surface area contributed by atoms with Crippen LogP contribution in [0.25, 0.3) is 0 Å². The molecule has 92 valence electrons. The van der Waals surface area contributed by atoms with E-state index in [1.807, 2.05) is 11.0 Å². The van der Waals surface area contributed by atoms with Gasteiger partial charge in [0.25, 0.3) is 0 Å². The first-order valence-corrected chi connectivity index (χ1v) is 5.79. The second kappa shape index (κ2) is 5.25. The molecule has 0 aromatic carbocycles. The lowest BCUT2D eigenvalue weighted by atomic mass is 10.1. The van der Waals surface area contributed by atoms with E-state index in [4.69, 9.17) is 0 Å². The van der Waals surface area contributed by atoms with Gasteiger partial charge in [0.1, 0.15) is 0 Å². The molecule has 0 saturated carbocycles. The molecule has 1 fully saturated rings. The number of rotatable bonds is 3. The molecule has 1 saturated heterocycles. The van der Waals surface area contributed by atoms with Crippen molar-refractivity contribution in [3.63, 3.8) is 0 Å². The zero-order valence-corrected chi connectivity index (χ0v) is 9.84. The largest absolute Gasteiger partial charge is 0.480 e. The minimum atomic E-state index is -0.835. The first-order chi connectivity index (χ1) is 8.18. The summed E-state index contributed by atoms with van der Waals surface area (Å²) >= 11 is 0. The summed E-state index contributed by atoms with van der Waals surface area (Å²) in [6, 6.07) is 5.06. The van der Waals surface area contributed by atoms with Crippen LogP contribution in [0.2, 0.25) is 0 Å². The summed E-state index contributed by atoms with van der Waals surface area (Å²) in [6.07, 6.45) is 1.64. The molecule has 17 heavy (non-hydrogen) atoms. The van der Waals surface area contributed by atoms with Crippen molar-refractivity contribution in [3.05, 3.63) is 30.1 Å². The van der Waals surface area contributed by atoms with E-state index in [-0.39, 0.29) is 0 Å². The molecule has 5 nitrogen and oxygen atoms in total. The highest BCUT2D eigenvalue weighted by molar-refractivity contribution is 5.74. The molecule has 0 bridgehead atoms. The second-order valence-corrected chi connectivity index (χ2v) is 4.35. The molecular weight excluding hydrogens is 218 g/mol. The van der Waals surface area contributed by atoms with Crippen molar-refractivity contribution in [1.29, 1.82) is 0 Å². The Kier molecular flexibility index (Phi) is 3.71. The van der Waals surface area contributed by atoms with Crippen molar-refractivity contribution in [1.82, 2.24) is 15.2 Å². The minimum absolute atomic E-state index is 0.314.